The fraction of sp³-hybridized carbons (Fsp3) is 0.154. The van der Waals surface area contributed by atoms with Gasteiger partial charge < -0.3 is 5.73 Å². The molecule has 0 aliphatic carbocycles. The van der Waals surface area contributed by atoms with Crippen molar-refractivity contribution in [1.29, 1.82) is 0 Å². The lowest BCUT2D eigenvalue weighted by atomic mass is 10.2. The number of sulfonamides is 1. The van der Waals surface area contributed by atoms with Gasteiger partial charge in [-0.1, -0.05) is 6.07 Å². The standard InChI is InChI=1S/C13H13F2N3O2S/c14-11-6-10(16)7-12(13(11)15)21(19,20)18-5-3-9-2-1-4-17-8-9/h1-2,4,6-8,18H,3,5,16H2. The fourth-order valence-corrected chi connectivity index (χ4v) is 2.88. The topological polar surface area (TPSA) is 85.1 Å². The van der Waals surface area contributed by atoms with Crippen LogP contribution in [0.3, 0.4) is 0 Å². The van der Waals surface area contributed by atoms with Crippen molar-refractivity contribution in [3.63, 3.8) is 0 Å². The van der Waals surface area contributed by atoms with E-state index in [0.717, 1.165) is 17.7 Å². The van der Waals surface area contributed by atoms with Gasteiger partial charge in [0.15, 0.2) is 11.6 Å². The van der Waals surface area contributed by atoms with Crippen LogP contribution in [0.2, 0.25) is 0 Å². The van der Waals surface area contributed by atoms with Crippen LogP contribution in [-0.2, 0) is 16.4 Å². The number of nitrogen functional groups attached to an aromatic ring is 1. The second kappa shape index (κ2) is 6.15. The van der Waals surface area contributed by atoms with Crippen LogP contribution in [-0.4, -0.2) is 19.9 Å². The molecule has 0 radical (unpaired) electrons. The third-order valence-corrected chi connectivity index (χ3v) is 4.20. The van der Waals surface area contributed by atoms with Crippen molar-refractivity contribution < 1.29 is 17.2 Å². The summed E-state index contributed by atoms with van der Waals surface area (Å²) in [5.41, 5.74) is 5.99. The molecular weight excluding hydrogens is 300 g/mol. The molecule has 0 fully saturated rings. The predicted molar refractivity (Wildman–Crippen MR) is 73.9 cm³/mol. The van der Waals surface area contributed by atoms with Gasteiger partial charge in [-0.2, -0.15) is 0 Å². The smallest absolute Gasteiger partial charge is 0.243 e. The lowest BCUT2D eigenvalue weighted by Crippen LogP contribution is -2.27. The SMILES string of the molecule is Nc1cc(F)c(F)c(S(=O)(=O)NCCc2cccnc2)c1. The van der Waals surface area contributed by atoms with E-state index in [-0.39, 0.29) is 12.2 Å². The van der Waals surface area contributed by atoms with Gasteiger partial charge in [0.05, 0.1) is 0 Å². The molecule has 2 aromatic rings. The highest BCUT2D eigenvalue weighted by molar-refractivity contribution is 7.89. The van der Waals surface area contributed by atoms with Crippen LogP contribution in [0.25, 0.3) is 0 Å². The summed E-state index contributed by atoms with van der Waals surface area (Å²) in [6.07, 6.45) is 3.56. The van der Waals surface area contributed by atoms with Crippen LogP contribution in [0, 0.1) is 11.6 Å². The molecule has 0 atom stereocenters. The molecule has 0 saturated heterocycles. The van der Waals surface area contributed by atoms with Gasteiger partial charge in [0.2, 0.25) is 10.0 Å². The highest BCUT2D eigenvalue weighted by atomic mass is 32.2. The van der Waals surface area contributed by atoms with E-state index in [9.17, 15) is 17.2 Å². The second-order valence-electron chi connectivity index (χ2n) is 4.32. The van der Waals surface area contributed by atoms with Gasteiger partial charge in [-0.25, -0.2) is 21.9 Å². The molecule has 0 amide bonds. The molecule has 1 aromatic heterocycles. The molecule has 0 bridgehead atoms. The lowest BCUT2D eigenvalue weighted by molar-refractivity contribution is 0.484. The molecule has 0 spiro atoms. The average molecular weight is 313 g/mol. The Hall–Kier alpha value is -2.06. The lowest BCUT2D eigenvalue weighted by Gasteiger charge is -2.09. The van der Waals surface area contributed by atoms with E-state index in [0.29, 0.717) is 6.42 Å². The van der Waals surface area contributed by atoms with Gasteiger partial charge in [-0.05, 0) is 30.2 Å². The molecule has 1 aromatic carbocycles. The molecule has 0 saturated carbocycles. The first-order chi connectivity index (χ1) is 9.90. The number of hydrogen-bond donors (Lipinski definition) is 2. The van der Waals surface area contributed by atoms with E-state index >= 15 is 0 Å². The number of nitrogens with one attached hydrogen (secondary N) is 1. The summed E-state index contributed by atoms with van der Waals surface area (Å²) >= 11 is 0. The fourth-order valence-electron chi connectivity index (χ4n) is 1.73. The van der Waals surface area contributed by atoms with E-state index in [1.165, 1.54) is 0 Å². The summed E-state index contributed by atoms with van der Waals surface area (Å²) in [7, 11) is -4.17. The Morgan fingerprint density at radius 3 is 2.71 bits per heavy atom. The molecular formula is C13H13F2N3O2S. The second-order valence-corrected chi connectivity index (χ2v) is 6.06. The minimum absolute atomic E-state index is 0.0316. The van der Waals surface area contributed by atoms with Gasteiger partial charge in [-0.3, -0.25) is 4.98 Å². The zero-order chi connectivity index (χ0) is 15.5. The number of nitrogens with two attached hydrogens (primary N) is 1. The first-order valence-electron chi connectivity index (χ1n) is 6.03. The van der Waals surface area contributed by atoms with Crippen molar-refractivity contribution in [1.82, 2.24) is 9.71 Å². The quantitative estimate of drug-likeness (QED) is 0.819. The Balaban J connectivity index is 2.12. The normalized spacial score (nSPS) is 11.5. The van der Waals surface area contributed by atoms with Gasteiger partial charge in [0, 0.05) is 24.6 Å². The van der Waals surface area contributed by atoms with Gasteiger partial charge in [0.1, 0.15) is 4.90 Å². The number of anilines is 1. The molecule has 5 nitrogen and oxygen atoms in total. The summed E-state index contributed by atoms with van der Waals surface area (Å²) < 4.78 is 52.9. The average Bonchev–Trinajstić information content (AvgIpc) is 2.43. The van der Waals surface area contributed by atoms with Crippen molar-refractivity contribution in [3.8, 4) is 0 Å². The molecule has 1 heterocycles. The van der Waals surface area contributed by atoms with Gasteiger partial charge >= 0.3 is 0 Å². The Morgan fingerprint density at radius 2 is 2.05 bits per heavy atom. The Kier molecular flexibility index (Phi) is 4.49. The Morgan fingerprint density at radius 1 is 1.29 bits per heavy atom. The first kappa shape index (κ1) is 15.3. The summed E-state index contributed by atoms with van der Waals surface area (Å²) in [6, 6.07) is 5.10. The third kappa shape index (κ3) is 3.73. The summed E-state index contributed by atoms with van der Waals surface area (Å²) in [4.78, 5) is 3.09. The third-order valence-electron chi connectivity index (χ3n) is 2.74. The Labute approximate surface area is 120 Å². The van der Waals surface area contributed by atoms with Gasteiger partial charge in [0.25, 0.3) is 0 Å². The number of nitrogens with zero attached hydrogens (tertiary/aromatic N) is 1. The molecule has 3 N–H and O–H groups in total. The van der Waals surface area contributed by atoms with E-state index < -0.39 is 26.6 Å². The molecule has 21 heavy (non-hydrogen) atoms. The van der Waals surface area contributed by atoms with Crippen LogP contribution in [0.15, 0.2) is 41.6 Å². The Bertz CT molecular complexity index is 737. The summed E-state index contributed by atoms with van der Waals surface area (Å²) in [5.74, 6) is -2.75. The van der Waals surface area contributed by atoms with Crippen LogP contribution in [0.4, 0.5) is 14.5 Å². The number of aromatic nitrogens is 1. The van der Waals surface area contributed by atoms with Crippen molar-refractivity contribution in [2.75, 3.05) is 12.3 Å². The minimum atomic E-state index is -4.17. The van der Waals surface area contributed by atoms with Crippen LogP contribution < -0.4 is 10.5 Å². The highest BCUT2D eigenvalue weighted by Gasteiger charge is 2.22. The zero-order valence-electron chi connectivity index (χ0n) is 10.9. The molecule has 2 rings (SSSR count). The number of pyridine rings is 1. The summed E-state index contributed by atoms with van der Waals surface area (Å²) in [5, 5.41) is 0. The van der Waals surface area contributed by atoms with E-state index in [1.54, 1.807) is 24.5 Å². The monoisotopic (exact) mass is 313 g/mol. The van der Waals surface area contributed by atoms with Crippen molar-refractivity contribution >= 4 is 15.7 Å². The zero-order valence-corrected chi connectivity index (χ0v) is 11.7. The van der Waals surface area contributed by atoms with Crippen molar-refractivity contribution in [3.05, 3.63) is 53.9 Å². The first-order valence-corrected chi connectivity index (χ1v) is 7.51. The molecule has 0 unspecified atom stereocenters. The van der Waals surface area contributed by atoms with E-state index in [2.05, 4.69) is 9.71 Å². The van der Waals surface area contributed by atoms with Crippen LogP contribution in [0.5, 0.6) is 0 Å². The summed E-state index contributed by atoms with van der Waals surface area (Å²) in [6.45, 7) is 0.0316. The molecule has 0 aliphatic rings. The maximum absolute atomic E-state index is 13.6. The molecule has 8 heteroatoms. The van der Waals surface area contributed by atoms with Crippen molar-refractivity contribution in [2.45, 2.75) is 11.3 Å². The minimum Gasteiger partial charge on any atom is -0.399 e. The van der Waals surface area contributed by atoms with E-state index in [1.807, 2.05) is 0 Å². The molecule has 0 aliphatic heterocycles. The largest absolute Gasteiger partial charge is 0.399 e. The number of hydrogen-bond acceptors (Lipinski definition) is 4. The maximum atomic E-state index is 13.6. The number of halogens is 2. The highest BCUT2D eigenvalue weighted by Crippen LogP contribution is 2.20. The van der Waals surface area contributed by atoms with Crippen LogP contribution in [0.1, 0.15) is 5.56 Å². The molecule has 112 valence electrons. The van der Waals surface area contributed by atoms with Crippen molar-refractivity contribution in [2.24, 2.45) is 0 Å². The number of rotatable bonds is 5. The van der Waals surface area contributed by atoms with Gasteiger partial charge in [-0.15, -0.1) is 0 Å². The predicted octanol–water partition coefficient (Wildman–Crippen LogP) is 1.46. The van der Waals surface area contributed by atoms with E-state index in [4.69, 9.17) is 5.73 Å². The van der Waals surface area contributed by atoms with Crippen LogP contribution >= 0.6 is 0 Å². The maximum Gasteiger partial charge on any atom is 0.243 e. The number of benzene rings is 1.